The summed E-state index contributed by atoms with van der Waals surface area (Å²) in [6.45, 7) is 0. The van der Waals surface area contributed by atoms with Crippen molar-refractivity contribution in [3.05, 3.63) is 10.1 Å². The summed E-state index contributed by atoms with van der Waals surface area (Å²) in [5, 5.41) is 19.1. The molecule has 0 bridgehead atoms. The minimum Gasteiger partial charge on any atom is -0.481 e. The maximum absolute atomic E-state index is 10.6. The number of nitrogens with zero attached hydrogens (tertiary/aromatic N) is 1. The van der Waals surface area contributed by atoms with E-state index >= 15 is 0 Å². The molecule has 74 valence electrons. The second-order valence-corrected chi connectivity index (χ2v) is 3.50. The lowest BCUT2D eigenvalue weighted by Crippen LogP contribution is -2.33. The zero-order valence-corrected chi connectivity index (χ0v) is 7.31. The molecule has 5 heteroatoms. The molecule has 0 saturated heterocycles. The van der Waals surface area contributed by atoms with Crippen LogP contribution in [0.25, 0.3) is 0 Å². The Bertz CT molecular complexity index is 216. The highest BCUT2D eigenvalue weighted by atomic mass is 16.6. The highest BCUT2D eigenvalue weighted by Gasteiger charge is 2.35. The van der Waals surface area contributed by atoms with Crippen molar-refractivity contribution >= 4 is 5.97 Å². The van der Waals surface area contributed by atoms with E-state index in [1.165, 1.54) is 0 Å². The van der Waals surface area contributed by atoms with Gasteiger partial charge in [-0.2, -0.15) is 0 Å². The lowest BCUT2D eigenvalue weighted by molar-refractivity contribution is -0.535. The van der Waals surface area contributed by atoms with Gasteiger partial charge in [0.1, 0.15) is 0 Å². The molecule has 0 aromatic heterocycles. The normalized spacial score (nSPS) is 28.3. The fourth-order valence-electron chi connectivity index (χ4n) is 1.93. The van der Waals surface area contributed by atoms with E-state index in [0.29, 0.717) is 12.8 Å². The average Bonchev–Trinajstić information content (AvgIpc) is 2.03. The molecule has 5 nitrogen and oxygen atoms in total. The molecule has 13 heavy (non-hydrogen) atoms. The minimum absolute atomic E-state index is 0.0638. The van der Waals surface area contributed by atoms with Crippen molar-refractivity contribution in [1.29, 1.82) is 0 Å². The molecule has 1 aliphatic rings. The zero-order chi connectivity index (χ0) is 9.84. The third-order valence-electron chi connectivity index (χ3n) is 2.58. The van der Waals surface area contributed by atoms with E-state index in [2.05, 4.69) is 0 Å². The van der Waals surface area contributed by atoms with Crippen LogP contribution in [0.2, 0.25) is 0 Å². The van der Waals surface area contributed by atoms with Gasteiger partial charge in [-0.3, -0.25) is 14.9 Å². The van der Waals surface area contributed by atoms with E-state index in [1.807, 2.05) is 0 Å². The standard InChI is InChI=1S/C8H13NO4/c10-8(11)5-6-3-1-2-4-7(6)9(12)13/h6-7H,1-5H2,(H,10,11). The van der Waals surface area contributed by atoms with Gasteiger partial charge in [0.25, 0.3) is 0 Å². The third kappa shape index (κ3) is 2.68. The highest BCUT2D eigenvalue weighted by molar-refractivity contribution is 5.67. The summed E-state index contributed by atoms with van der Waals surface area (Å²) in [4.78, 5) is 20.6. The first-order chi connectivity index (χ1) is 6.11. The van der Waals surface area contributed by atoms with Crippen LogP contribution in [0.5, 0.6) is 0 Å². The summed E-state index contributed by atoms with van der Waals surface area (Å²) in [7, 11) is 0. The fourth-order valence-corrected chi connectivity index (χ4v) is 1.93. The molecule has 1 rings (SSSR count). The lowest BCUT2D eigenvalue weighted by Gasteiger charge is -2.23. The molecule has 1 saturated carbocycles. The smallest absolute Gasteiger partial charge is 0.303 e. The van der Waals surface area contributed by atoms with E-state index in [-0.39, 0.29) is 17.3 Å². The van der Waals surface area contributed by atoms with Crippen molar-refractivity contribution < 1.29 is 14.8 Å². The third-order valence-corrected chi connectivity index (χ3v) is 2.58. The van der Waals surface area contributed by atoms with Crippen LogP contribution in [-0.4, -0.2) is 22.0 Å². The van der Waals surface area contributed by atoms with Gasteiger partial charge in [0.2, 0.25) is 6.04 Å². The Kier molecular flexibility index (Phi) is 3.22. The van der Waals surface area contributed by atoms with Crippen molar-refractivity contribution in [3.63, 3.8) is 0 Å². The maximum atomic E-state index is 10.6. The maximum Gasteiger partial charge on any atom is 0.303 e. The lowest BCUT2D eigenvalue weighted by atomic mass is 9.83. The Balaban J connectivity index is 2.56. The highest BCUT2D eigenvalue weighted by Crippen LogP contribution is 2.28. The molecule has 0 spiro atoms. The number of hydrogen-bond donors (Lipinski definition) is 1. The van der Waals surface area contributed by atoms with Crippen LogP contribution in [0.15, 0.2) is 0 Å². The summed E-state index contributed by atoms with van der Waals surface area (Å²) in [6.07, 6.45) is 2.92. The monoisotopic (exact) mass is 187 g/mol. The molecule has 1 aliphatic carbocycles. The van der Waals surface area contributed by atoms with Crippen molar-refractivity contribution in [3.8, 4) is 0 Å². The minimum atomic E-state index is -0.932. The van der Waals surface area contributed by atoms with Gasteiger partial charge in [0, 0.05) is 17.3 Å². The number of rotatable bonds is 3. The predicted molar refractivity (Wildman–Crippen MR) is 45.0 cm³/mol. The Morgan fingerprint density at radius 2 is 2.08 bits per heavy atom. The summed E-state index contributed by atoms with van der Waals surface area (Å²) in [5.74, 6) is -1.19. The topological polar surface area (TPSA) is 80.4 Å². The number of carboxylic acids is 1. The van der Waals surface area contributed by atoms with E-state index in [9.17, 15) is 14.9 Å². The first-order valence-corrected chi connectivity index (χ1v) is 4.46. The molecule has 1 N–H and O–H groups in total. The molecule has 0 aromatic carbocycles. The fraction of sp³-hybridized carbons (Fsp3) is 0.875. The second kappa shape index (κ2) is 4.20. The van der Waals surface area contributed by atoms with Gasteiger partial charge < -0.3 is 5.11 Å². The molecular formula is C8H13NO4. The number of carbonyl (C=O) groups is 1. The Hall–Kier alpha value is -1.13. The van der Waals surface area contributed by atoms with E-state index in [1.54, 1.807) is 0 Å². The second-order valence-electron chi connectivity index (χ2n) is 3.50. The Morgan fingerprint density at radius 3 is 2.62 bits per heavy atom. The Morgan fingerprint density at radius 1 is 1.46 bits per heavy atom. The van der Waals surface area contributed by atoms with Gasteiger partial charge in [0.05, 0.1) is 6.42 Å². The number of aliphatic carboxylic acids is 1. The molecule has 0 heterocycles. The molecule has 0 amide bonds. The van der Waals surface area contributed by atoms with Crippen LogP contribution in [-0.2, 0) is 4.79 Å². The SMILES string of the molecule is O=C(O)CC1CCCCC1[N+](=O)[O-]. The molecule has 2 unspecified atom stereocenters. The predicted octanol–water partition coefficient (Wildman–Crippen LogP) is 1.30. The summed E-state index contributed by atoms with van der Waals surface area (Å²) in [5.41, 5.74) is 0. The van der Waals surface area contributed by atoms with Crippen LogP contribution in [0, 0.1) is 16.0 Å². The van der Waals surface area contributed by atoms with Gasteiger partial charge in [-0.05, 0) is 12.8 Å². The summed E-state index contributed by atoms with van der Waals surface area (Å²) in [6, 6.07) is -0.634. The van der Waals surface area contributed by atoms with Gasteiger partial charge in [-0.15, -0.1) is 0 Å². The van der Waals surface area contributed by atoms with Crippen LogP contribution in [0.4, 0.5) is 0 Å². The average molecular weight is 187 g/mol. The summed E-state index contributed by atoms with van der Waals surface area (Å²) >= 11 is 0. The van der Waals surface area contributed by atoms with Crippen molar-refractivity contribution in [1.82, 2.24) is 0 Å². The molecule has 2 atom stereocenters. The van der Waals surface area contributed by atoms with Crippen LogP contribution in [0.3, 0.4) is 0 Å². The molecule has 0 radical (unpaired) electrons. The van der Waals surface area contributed by atoms with Gasteiger partial charge in [-0.25, -0.2) is 0 Å². The van der Waals surface area contributed by atoms with Gasteiger partial charge in [0.15, 0.2) is 0 Å². The molecule has 0 aromatic rings. The van der Waals surface area contributed by atoms with Crippen molar-refractivity contribution in [2.75, 3.05) is 0 Å². The molecule has 1 fully saturated rings. The van der Waals surface area contributed by atoms with Crippen LogP contribution < -0.4 is 0 Å². The van der Waals surface area contributed by atoms with Crippen molar-refractivity contribution in [2.24, 2.45) is 5.92 Å². The largest absolute Gasteiger partial charge is 0.481 e. The number of hydrogen-bond acceptors (Lipinski definition) is 3. The zero-order valence-electron chi connectivity index (χ0n) is 7.31. The first kappa shape index (κ1) is 9.95. The van der Waals surface area contributed by atoms with E-state index in [4.69, 9.17) is 5.11 Å². The summed E-state index contributed by atoms with van der Waals surface area (Å²) < 4.78 is 0. The van der Waals surface area contributed by atoms with Crippen molar-refractivity contribution in [2.45, 2.75) is 38.1 Å². The molecular weight excluding hydrogens is 174 g/mol. The Labute approximate surface area is 75.9 Å². The van der Waals surface area contributed by atoms with E-state index in [0.717, 1.165) is 12.8 Å². The van der Waals surface area contributed by atoms with Crippen LogP contribution >= 0.6 is 0 Å². The first-order valence-electron chi connectivity index (χ1n) is 4.46. The number of nitro groups is 1. The van der Waals surface area contributed by atoms with E-state index < -0.39 is 12.0 Å². The quantitative estimate of drug-likeness (QED) is 0.533. The van der Waals surface area contributed by atoms with Gasteiger partial charge >= 0.3 is 5.97 Å². The molecule has 0 aliphatic heterocycles. The van der Waals surface area contributed by atoms with Crippen LogP contribution in [0.1, 0.15) is 32.1 Å². The number of carboxylic acid groups (broad SMARTS) is 1. The van der Waals surface area contributed by atoms with Gasteiger partial charge in [-0.1, -0.05) is 6.42 Å².